The molecule has 16 heavy (non-hydrogen) atoms. The van der Waals surface area contributed by atoms with Crippen molar-refractivity contribution in [1.82, 2.24) is 19.9 Å². The molecule has 2 aromatic heterocycles. The molecule has 0 atom stereocenters. The highest BCUT2D eigenvalue weighted by molar-refractivity contribution is 5.08. The van der Waals surface area contributed by atoms with Crippen molar-refractivity contribution in [1.29, 1.82) is 0 Å². The van der Waals surface area contributed by atoms with Crippen molar-refractivity contribution < 1.29 is 9.47 Å². The highest BCUT2D eigenvalue weighted by Gasteiger charge is 1.99. The maximum absolute atomic E-state index is 5.35. The monoisotopic (exact) mass is 218 g/mol. The number of hydrogen-bond acceptors (Lipinski definition) is 6. The van der Waals surface area contributed by atoms with Crippen LogP contribution >= 0.6 is 0 Å². The molecule has 0 amide bonds. The zero-order valence-electron chi connectivity index (χ0n) is 8.70. The van der Waals surface area contributed by atoms with Crippen LogP contribution in [0.4, 0.5) is 0 Å². The van der Waals surface area contributed by atoms with Crippen LogP contribution < -0.4 is 9.47 Å². The molecule has 0 saturated heterocycles. The average Bonchev–Trinajstić information content (AvgIpc) is 2.38. The van der Waals surface area contributed by atoms with Crippen LogP contribution in [0.2, 0.25) is 0 Å². The third-order valence-corrected chi connectivity index (χ3v) is 1.80. The Hall–Kier alpha value is -2.24. The Bertz CT molecular complexity index is 432. The first-order valence-corrected chi connectivity index (χ1v) is 4.62. The van der Waals surface area contributed by atoms with Gasteiger partial charge in [-0.25, -0.2) is 9.97 Å². The Balaban J connectivity index is 1.94. The number of aromatic nitrogens is 4. The first-order valence-electron chi connectivity index (χ1n) is 4.62. The molecule has 0 unspecified atom stereocenters. The first-order chi connectivity index (χ1) is 7.88. The zero-order valence-corrected chi connectivity index (χ0v) is 8.70. The second-order valence-electron chi connectivity index (χ2n) is 2.88. The molecular weight excluding hydrogens is 208 g/mol. The molecule has 0 aliphatic heterocycles. The van der Waals surface area contributed by atoms with Gasteiger partial charge in [0, 0.05) is 12.4 Å². The highest BCUT2D eigenvalue weighted by atomic mass is 16.5. The third-order valence-electron chi connectivity index (χ3n) is 1.80. The summed E-state index contributed by atoms with van der Waals surface area (Å²) in [7, 11) is 1.54. The van der Waals surface area contributed by atoms with Crippen LogP contribution in [0.5, 0.6) is 11.8 Å². The van der Waals surface area contributed by atoms with Crippen molar-refractivity contribution >= 4 is 0 Å². The number of methoxy groups -OCH3 is 1. The number of ether oxygens (including phenoxy) is 2. The fraction of sp³-hybridized carbons (Fsp3) is 0.200. The van der Waals surface area contributed by atoms with Crippen molar-refractivity contribution in [2.75, 3.05) is 7.11 Å². The number of rotatable bonds is 4. The van der Waals surface area contributed by atoms with Crippen LogP contribution in [-0.2, 0) is 6.61 Å². The van der Waals surface area contributed by atoms with Gasteiger partial charge < -0.3 is 9.47 Å². The van der Waals surface area contributed by atoms with Gasteiger partial charge in [0.2, 0.25) is 11.8 Å². The number of nitrogens with zero attached hydrogens (tertiary/aromatic N) is 4. The second-order valence-corrected chi connectivity index (χ2v) is 2.88. The van der Waals surface area contributed by atoms with Gasteiger partial charge in [-0.15, -0.1) is 0 Å². The summed E-state index contributed by atoms with van der Waals surface area (Å²) in [6.45, 7) is 0.301. The van der Waals surface area contributed by atoms with Crippen molar-refractivity contribution in [2.45, 2.75) is 6.61 Å². The summed E-state index contributed by atoms with van der Waals surface area (Å²) in [5, 5.41) is 0. The van der Waals surface area contributed by atoms with E-state index in [1.54, 1.807) is 25.7 Å². The lowest BCUT2D eigenvalue weighted by Crippen LogP contribution is -2.01. The quantitative estimate of drug-likeness (QED) is 0.757. The molecule has 6 heteroatoms. The lowest BCUT2D eigenvalue weighted by Gasteiger charge is -2.03. The predicted octanol–water partition coefficient (Wildman–Crippen LogP) is 0.854. The standard InChI is InChI=1S/C10H10N4O2/c1-15-9-6-13-8(4-14-9)7-16-10-5-11-2-3-12-10/h2-6H,7H2,1H3. The van der Waals surface area contributed by atoms with Gasteiger partial charge in [-0.3, -0.25) is 9.97 Å². The van der Waals surface area contributed by atoms with Crippen LogP contribution in [0, 0.1) is 0 Å². The lowest BCUT2D eigenvalue weighted by molar-refractivity contribution is 0.286. The normalized spacial score (nSPS) is 9.81. The summed E-state index contributed by atoms with van der Waals surface area (Å²) in [5.74, 6) is 0.934. The highest BCUT2D eigenvalue weighted by Crippen LogP contribution is 2.06. The van der Waals surface area contributed by atoms with Crippen LogP contribution in [-0.4, -0.2) is 27.0 Å². The maximum atomic E-state index is 5.35. The summed E-state index contributed by atoms with van der Waals surface area (Å²) < 4.78 is 10.2. The van der Waals surface area contributed by atoms with Crippen molar-refractivity contribution in [3.63, 3.8) is 0 Å². The SMILES string of the molecule is COc1cnc(COc2cnccn2)cn1. The predicted molar refractivity (Wildman–Crippen MR) is 54.9 cm³/mol. The minimum atomic E-state index is 0.301. The van der Waals surface area contributed by atoms with E-state index in [4.69, 9.17) is 9.47 Å². The van der Waals surface area contributed by atoms with Crippen molar-refractivity contribution in [3.05, 3.63) is 36.7 Å². The minimum absolute atomic E-state index is 0.301. The molecule has 82 valence electrons. The van der Waals surface area contributed by atoms with E-state index in [1.807, 2.05) is 0 Å². The smallest absolute Gasteiger partial charge is 0.232 e. The fourth-order valence-corrected chi connectivity index (χ4v) is 1.03. The molecule has 0 aromatic carbocycles. The summed E-state index contributed by atoms with van der Waals surface area (Å²) in [6, 6.07) is 0. The van der Waals surface area contributed by atoms with Gasteiger partial charge in [-0.05, 0) is 0 Å². The summed E-state index contributed by atoms with van der Waals surface area (Å²) >= 11 is 0. The van der Waals surface area contributed by atoms with Crippen LogP contribution in [0.15, 0.2) is 31.0 Å². The van der Waals surface area contributed by atoms with E-state index in [1.165, 1.54) is 12.4 Å². The van der Waals surface area contributed by atoms with Crippen molar-refractivity contribution in [2.24, 2.45) is 0 Å². The van der Waals surface area contributed by atoms with E-state index in [2.05, 4.69) is 19.9 Å². The van der Waals surface area contributed by atoms with Gasteiger partial charge >= 0.3 is 0 Å². The van der Waals surface area contributed by atoms with E-state index in [9.17, 15) is 0 Å². The van der Waals surface area contributed by atoms with E-state index in [0.717, 1.165) is 0 Å². The van der Waals surface area contributed by atoms with E-state index < -0.39 is 0 Å². The molecule has 0 bridgehead atoms. The molecule has 0 aliphatic rings. The van der Waals surface area contributed by atoms with E-state index >= 15 is 0 Å². The Morgan fingerprint density at radius 2 is 1.94 bits per heavy atom. The molecule has 0 spiro atoms. The Morgan fingerprint density at radius 1 is 1.00 bits per heavy atom. The molecule has 2 aromatic rings. The molecule has 0 saturated carbocycles. The second kappa shape index (κ2) is 5.01. The maximum Gasteiger partial charge on any atom is 0.232 e. The zero-order chi connectivity index (χ0) is 11.2. The Kier molecular flexibility index (Phi) is 3.22. The molecule has 0 N–H and O–H groups in total. The van der Waals surface area contributed by atoms with Gasteiger partial charge in [0.1, 0.15) is 6.61 Å². The topological polar surface area (TPSA) is 70.0 Å². The molecule has 0 radical (unpaired) electrons. The Labute approximate surface area is 92.3 Å². The average molecular weight is 218 g/mol. The van der Waals surface area contributed by atoms with Crippen molar-refractivity contribution in [3.8, 4) is 11.8 Å². The summed E-state index contributed by atoms with van der Waals surface area (Å²) in [6.07, 6.45) is 7.82. The molecule has 6 nitrogen and oxygen atoms in total. The minimum Gasteiger partial charge on any atom is -0.480 e. The van der Waals surface area contributed by atoms with Gasteiger partial charge in [0.25, 0.3) is 0 Å². The number of hydrogen-bond donors (Lipinski definition) is 0. The van der Waals surface area contributed by atoms with Gasteiger partial charge in [0.05, 0.1) is 31.4 Å². The van der Waals surface area contributed by atoms with Crippen LogP contribution in [0.1, 0.15) is 5.69 Å². The third kappa shape index (κ3) is 2.63. The molecule has 2 heterocycles. The van der Waals surface area contributed by atoms with Gasteiger partial charge in [0.15, 0.2) is 0 Å². The summed E-state index contributed by atoms with van der Waals surface area (Å²) in [5.41, 5.74) is 0.700. The lowest BCUT2D eigenvalue weighted by atomic mass is 10.5. The van der Waals surface area contributed by atoms with E-state index in [0.29, 0.717) is 24.1 Å². The van der Waals surface area contributed by atoms with Gasteiger partial charge in [-0.2, -0.15) is 0 Å². The van der Waals surface area contributed by atoms with Crippen LogP contribution in [0.3, 0.4) is 0 Å². The van der Waals surface area contributed by atoms with Crippen LogP contribution in [0.25, 0.3) is 0 Å². The Morgan fingerprint density at radius 3 is 2.56 bits per heavy atom. The first kappa shape index (κ1) is 10.3. The molecule has 0 aliphatic carbocycles. The molecule has 2 rings (SSSR count). The summed E-state index contributed by atoms with van der Waals surface area (Å²) in [4.78, 5) is 16.0. The largest absolute Gasteiger partial charge is 0.480 e. The molecular formula is C10H10N4O2. The van der Waals surface area contributed by atoms with E-state index in [-0.39, 0.29) is 0 Å². The molecule has 0 fully saturated rings. The fourth-order valence-electron chi connectivity index (χ4n) is 1.03. The van der Waals surface area contributed by atoms with Gasteiger partial charge in [-0.1, -0.05) is 0 Å².